The quantitative estimate of drug-likeness (QED) is 0.769. The molecule has 3 aliphatic rings. The minimum absolute atomic E-state index is 0.286. The summed E-state index contributed by atoms with van der Waals surface area (Å²) >= 11 is 0. The van der Waals surface area contributed by atoms with Gasteiger partial charge >= 0.3 is 0 Å². The second kappa shape index (κ2) is 8.50. The summed E-state index contributed by atoms with van der Waals surface area (Å²) in [6, 6.07) is 0.651. The summed E-state index contributed by atoms with van der Waals surface area (Å²) in [6.45, 7) is 5.36. The number of nitrogens with one attached hydrogen (secondary N) is 1. The molecule has 1 amide bonds. The van der Waals surface area contributed by atoms with Gasteiger partial charge in [0.05, 0.1) is 0 Å². The molecular formula is C20H36N2O. The van der Waals surface area contributed by atoms with Crippen molar-refractivity contribution in [2.45, 2.75) is 83.6 Å². The molecule has 23 heavy (non-hydrogen) atoms. The van der Waals surface area contributed by atoms with Gasteiger partial charge < -0.3 is 10.2 Å². The summed E-state index contributed by atoms with van der Waals surface area (Å²) in [4.78, 5) is 15.1. The van der Waals surface area contributed by atoms with Gasteiger partial charge in [-0.1, -0.05) is 39.0 Å². The van der Waals surface area contributed by atoms with Crippen LogP contribution in [0.4, 0.5) is 0 Å². The lowest BCUT2D eigenvalue weighted by Crippen LogP contribution is -2.47. The van der Waals surface area contributed by atoms with Gasteiger partial charge in [0.15, 0.2) is 0 Å². The summed E-state index contributed by atoms with van der Waals surface area (Å²) < 4.78 is 0. The molecule has 0 aromatic heterocycles. The van der Waals surface area contributed by atoms with E-state index in [1.165, 1.54) is 51.5 Å². The lowest BCUT2D eigenvalue weighted by atomic mass is 9.81. The minimum Gasteiger partial charge on any atom is -0.342 e. The Kier molecular flexibility index (Phi) is 6.38. The number of amides is 1. The zero-order valence-electron chi connectivity index (χ0n) is 15.1. The van der Waals surface area contributed by atoms with Crippen LogP contribution in [0.3, 0.4) is 0 Å². The summed E-state index contributed by atoms with van der Waals surface area (Å²) in [5.41, 5.74) is 0. The molecule has 0 spiro atoms. The Morgan fingerprint density at radius 1 is 1.00 bits per heavy atom. The molecule has 1 heterocycles. The second-order valence-corrected chi connectivity index (χ2v) is 8.30. The van der Waals surface area contributed by atoms with Crippen LogP contribution in [0.2, 0.25) is 0 Å². The van der Waals surface area contributed by atoms with Crippen LogP contribution in [-0.2, 0) is 4.79 Å². The minimum atomic E-state index is 0.286. The molecule has 1 atom stereocenters. The zero-order valence-corrected chi connectivity index (χ0v) is 15.1. The van der Waals surface area contributed by atoms with Gasteiger partial charge in [-0.25, -0.2) is 0 Å². The highest BCUT2D eigenvalue weighted by molar-refractivity contribution is 5.78. The van der Waals surface area contributed by atoms with Crippen molar-refractivity contribution in [3.8, 4) is 0 Å². The first-order valence-electron chi connectivity index (χ1n) is 10.3. The summed E-state index contributed by atoms with van der Waals surface area (Å²) in [5, 5.41) is 3.71. The van der Waals surface area contributed by atoms with E-state index in [9.17, 15) is 4.79 Å². The summed E-state index contributed by atoms with van der Waals surface area (Å²) in [6.07, 6.45) is 14.2. The van der Waals surface area contributed by atoms with E-state index in [0.29, 0.717) is 11.9 Å². The Morgan fingerprint density at radius 3 is 2.30 bits per heavy atom. The number of hydrogen-bond donors (Lipinski definition) is 1. The fraction of sp³-hybridized carbons (Fsp3) is 0.950. The van der Waals surface area contributed by atoms with E-state index in [0.717, 1.165) is 50.6 Å². The topological polar surface area (TPSA) is 32.3 Å². The summed E-state index contributed by atoms with van der Waals surface area (Å²) in [7, 11) is 0. The van der Waals surface area contributed by atoms with Crippen molar-refractivity contribution < 1.29 is 4.79 Å². The van der Waals surface area contributed by atoms with Gasteiger partial charge in [-0.2, -0.15) is 0 Å². The average molecular weight is 321 g/mol. The monoisotopic (exact) mass is 320 g/mol. The van der Waals surface area contributed by atoms with Crippen molar-refractivity contribution in [1.82, 2.24) is 10.2 Å². The van der Waals surface area contributed by atoms with E-state index in [1.54, 1.807) is 0 Å². The van der Waals surface area contributed by atoms with Crippen molar-refractivity contribution in [3.63, 3.8) is 0 Å². The van der Waals surface area contributed by atoms with Gasteiger partial charge in [0.1, 0.15) is 0 Å². The van der Waals surface area contributed by atoms with E-state index in [2.05, 4.69) is 17.1 Å². The molecule has 1 aliphatic heterocycles. The normalized spacial score (nSPS) is 25.5. The third kappa shape index (κ3) is 5.20. The molecule has 3 fully saturated rings. The lowest BCUT2D eigenvalue weighted by molar-refractivity contribution is -0.137. The van der Waals surface area contributed by atoms with Crippen LogP contribution < -0.4 is 5.32 Å². The standard InChI is InChI=1S/C20H36N2O/c1-2-18(14-16-6-4-3-5-7-16)20(23)22-12-10-19(11-13-22)21-15-17-8-9-17/h16-19,21H,2-15H2,1H3. The molecule has 3 heteroatoms. The predicted molar refractivity (Wildman–Crippen MR) is 95.3 cm³/mol. The molecule has 3 rings (SSSR count). The van der Waals surface area contributed by atoms with Crippen molar-refractivity contribution >= 4 is 5.91 Å². The predicted octanol–water partition coefficient (Wildman–Crippen LogP) is 3.97. The number of nitrogens with zero attached hydrogens (tertiary/aromatic N) is 1. The molecule has 132 valence electrons. The van der Waals surface area contributed by atoms with Crippen molar-refractivity contribution in [3.05, 3.63) is 0 Å². The van der Waals surface area contributed by atoms with Crippen LogP contribution in [0.1, 0.15) is 77.6 Å². The van der Waals surface area contributed by atoms with Crippen LogP contribution in [0.15, 0.2) is 0 Å². The molecule has 1 N–H and O–H groups in total. The molecular weight excluding hydrogens is 284 g/mol. The largest absolute Gasteiger partial charge is 0.342 e. The Balaban J connectivity index is 1.40. The molecule has 0 aromatic carbocycles. The molecule has 3 nitrogen and oxygen atoms in total. The Labute approximate surface area is 142 Å². The first-order valence-corrected chi connectivity index (χ1v) is 10.3. The highest BCUT2D eigenvalue weighted by atomic mass is 16.2. The molecule has 0 radical (unpaired) electrons. The fourth-order valence-corrected chi connectivity index (χ4v) is 4.48. The highest BCUT2D eigenvalue weighted by Crippen LogP contribution is 2.31. The molecule has 0 bridgehead atoms. The molecule has 2 aliphatic carbocycles. The van der Waals surface area contributed by atoms with Crippen molar-refractivity contribution in [2.75, 3.05) is 19.6 Å². The van der Waals surface area contributed by atoms with E-state index in [4.69, 9.17) is 0 Å². The molecule has 2 saturated carbocycles. The maximum atomic E-state index is 12.9. The number of likely N-dealkylation sites (tertiary alicyclic amines) is 1. The Morgan fingerprint density at radius 2 is 1.70 bits per heavy atom. The molecule has 1 unspecified atom stereocenters. The van der Waals surface area contributed by atoms with Gasteiger partial charge in [-0.05, 0) is 56.9 Å². The first-order chi connectivity index (χ1) is 11.3. The lowest BCUT2D eigenvalue weighted by Gasteiger charge is -2.35. The third-order valence-corrected chi connectivity index (χ3v) is 6.38. The summed E-state index contributed by atoms with van der Waals surface area (Å²) in [5.74, 6) is 2.51. The van der Waals surface area contributed by atoms with E-state index in [-0.39, 0.29) is 5.92 Å². The molecule has 1 saturated heterocycles. The fourth-order valence-electron chi connectivity index (χ4n) is 4.48. The number of carbonyl (C=O) groups excluding carboxylic acids is 1. The van der Waals surface area contributed by atoms with Gasteiger partial charge in [0.2, 0.25) is 5.91 Å². The van der Waals surface area contributed by atoms with Gasteiger partial charge in [0, 0.05) is 25.0 Å². The van der Waals surface area contributed by atoms with Crippen molar-refractivity contribution in [1.29, 1.82) is 0 Å². The van der Waals surface area contributed by atoms with E-state index in [1.807, 2.05) is 0 Å². The van der Waals surface area contributed by atoms with E-state index < -0.39 is 0 Å². The van der Waals surface area contributed by atoms with Crippen LogP contribution >= 0.6 is 0 Å². The first kappa shape index (κ1) is 17.3. The maximum Gasteiger partial charge on any atom is 0.225 e. The van der Waals surface area contributed by atoms with Crippen LogP contribution in [-0.4, -0.2) is 36.5 Å². The Bertz CT molecular complexity index is 366. The van der Waals surface area contributed by atoms with Gasteiger partial charge in [0.25, 0.3) is 0 Å². The number of rotatable bonds is 7. The Hall–Kier alpha value is -0.570. The number of piperidine rings is 1. The van der Waals surface area contributed by atoms with Gasteiger partial charge in [-0.15, -0.1) is 0 Å². The average Bonchev–Trinajstić information content (AvgIpc) is 3.43. The number of hydrogen-bond acceptors (Lipinski definition) is 2. The molecule has 0 aromatic rings. The highest BCUT2D eigenvalue weighted by Gasteiger charge is 2.30. The van der Waals surface area contributed by atoms with Crippen LogP contribution in [0, 0.1) is 17.8 Å². The van der Waals surface area contributed by atoms with Crippen LogP contribution in [0.25, 0.3) is 0 Å². The third-order valence-electron chi connectivity index (χ3n) is 6.38. The van der Waals surface area contributed by atoms with Gasteiger partial charge in [-0.3, -0.25) is 4.79 Å². The van der Waals surface area contributed by atoms with Crippen LogP contribution in [0.5, 0.6) is 0 Å². The van der Waals surface area contributed by atoms with Crippen molar-refractivity contribution in [2.24, 2.45) is 17.8 Å². The zero-order chi connectivity index (χ0) is 16.1. The smallest absolute Gasteiger partial charge is 0.225 e. The SMILES string of the molecule is CCC(CC1CCCCC1)C(=O)N1CCC(NCC2CC2)CC1. The number of carbonyl (C=O) groups is 1. The second-order valence-electron chi connectivity index (χ2n) is 8.30. The van der Waals surface area contributed by atoms with E-state index >= 15 is 0 Å². The maximum absolute atomic E-state index is 12.9.